The van der Waals surface area contributed by atoms with E-state index < -0.39 is 11.6 Å². The van der Waals surface area contributed by atoms with Crippen molar-refractivity contribution in [3.63, 3.8) is 0 Å². The lowest BCUT2D eigenvalue weighted by Crippen LogP contribution is -2.45. The van der Waals surface area contributed by atoms with Gasteiger partial charge in [-0.15, -0.1) is 0 Å². The molecule has 5 nitrogen and oxygen atoms in total. The molecule has 2 unspecified atom stereocenters. The van der Waals surface area contributed by atoms with Crippen LogP contribution >= 0.6 is 11.6 Å². The molecule has 0 saturated carbocycles. The monoisotopic (exact) mass is 503 g/mol. The number of alkyl halides is 2. The fourth-order valence-corrected chi connectivity index (χ4v) is 5.47. The zero-order chi connectivity index (χ0) is 25.3. The normalized spacial score (nSPS) is 21.0. The van der Waals surface area contributed by atoms with E-state index in [4.69, 9.17) is 11.6 Å². The Hall–Kier alpha value is -2.22. The van der Waals surface area contributed by atoms with Gasteiger partial charge in [-0.1, -0.05) is 44.0 Å². The Morgan fingerprint density at radius 1 is 1.20 bits per heavy atom. The third-order valence-electron chi connectivity index (χ3n) is 6.87. The number of anilines is 1. The molecule has 0 amide bonds. The number of H-pyrrole nitrogens is 1. The molecule has 2 aromatic heterocycles. The number of rotatable bonds is 5. The molecule has 2 aliphatic heterocycles. The van der Waals surface area contributed by atoms with Crippen molar-refractivity contribution in [2.75, 3.05) is 31.6 Å². The number of hydrazine groups is 1. The summed E-state index contributed by atoms with van der Waals surface area (Å²) < 4.78 is 28.0. The Kier molecular flexibility index (Phi) is 7.69. The first-order valence-corrected chi connectivity index (χ1v) is 13.0. The van der Waals surface area contributed by atoms with E-state index >= 15 is 0 Å². The van der Waals surface area contributed by atoms with Gasteiger partial charge in [-0.3, -0.25) is 0 Å². The van der Waals surface area contributed by atoms with Crippen LogP contribution in [-0.4, -0.2) is 46.1 Å². The summed E-state index contributed by atoms with van der Waals surface area (Å²) in [5.41, 5.74) is 7.87. The quantitative estimate of drug-likeness (QED) is 0.396. The number of fused-ring (bicyclic) bond motifs is 3. The average molecular weight is 504 g/mol. The minimum Gasteiger partial charge on any atom is -0.357 e. The summed E-state index contributed by atoms with van der Waals surface area (Å²) in [6, 6.07) is 9.72. The van der Waals surface area contributed by atoms with Crippen LogP contribution in [0.15, 0.2) is 30.3 Å². The molecule has 2 aliphatic rings. The summed E-state index contributed by atoms with van der Waals surface area (Å²) in [6.07, 6.45) is 2.07. The van der Waals surface area contributed by atoms with Crippen molar-refractivity contribution in [1.82, 2.24) is 19.9 Å². The maximum absolute atomic E-state index is 14.0. The highest BCUT2D eigenvalue weighted by molar-refractivity contribution is 6.31. The van der Waals surface area contributed by atoms with E-state index in [1.54, 1.807) is 6.07 Å². The van der Waals surface area contributed by atoms with E-state index in [9.17, 15) is 8.78 Å². The number of nitrogens with one attached hydrogen (secondary N) is 2. The number of pyridine rings is 1. The van der Waals surface area contributed by atoms with Gasteiger partial charge in [0.15, 0.2) is 0 Å². The van der Waals surface area contributed by atoms with Crippen molar-refractivity contribution >= 4 is 28.3 Å². The molecule has 1 fully saturated rings. The van der Waals surface area contributed by atoms with Crippen LogP contribution in [-0.2, 0) is 12.3 Å². The van der Waals surface area contributed by atoms with Crippen molar-refractivity contribution < 1.29 is 8.78 Å². The van der Waals surface area contributed by atoms with Gasteiger partial charge >= 0.3 is 0 Å². The third kappa shape index (κ3) is 5.47. The number of aryl methyl sites for hydroxylation is 1. The predicted octanol–water partition coefficient (Wildman–Crippen LogP) is 6.93. The summed E-state index contributed by atoms with van der Waals surface area (Å²) in [7, 11) is 0. The molecular formula is C27H36ClF2N5. The van der Waals surface area contributed by atoms with Crippen molar-refractivity contribution in [3.05, 3.63) is 57.9 Å². The van der Waals surface area contributed by atoms with Crippen LogP contribution in [0.5, 0.6) is 0 Å². The molecule has 190 valence electrons. The van der Waals surface area contributed by atoms with Gasteiger partial charge in [0.25, 0.3) is 5.92 Å². The van der Waals surface area contributed by atoms with E-state index in [2.05, 4.69) is 57.3 Å². The van der Waals surface area contributed by atoms with Gasteiger partial charge in [0.05, 0.1) is 11.1 Å². The fourth-order valence-electron chi connectivity index (χ4n) is 5.20. The smallest absolute Gasteiger partial charge is 0.288 e. The van der Waals surface area contributed by atoms with Crippen LogP contribution in [0.2, 0.25) is 5.02 Å². The topological polar surface area (TPSA) is 47.2 Å². The Balaban J connectivity index is 0.00000141. The second kappa shape index (κ2) is 10.4. The molecule has 1 saturated heterocycles. The number of halogens is 3. The SMILES string of the molecule is CC.Cc1ccc2[nH]c3c(c2c1)CCN(Nc1ccc(Cl)c(C(C)(F)F)n1)C3CN1CCC(C)C1. The maximum Gasteiger partial charge on any atom is 0.288 e. The first-order chi connectivity index (χ1) is 16.7. The van der Waals surface area contributed by atoms with Crippen molar-refractivity contribution in [1.29, 1.82) is 0 Å². The van der Waals surface area contributed by atoms with Crippen LogP contribution in [0, 0.1) is 12.8 Å². The van der Waals surface area contributed by atoms with Crippen molar-refractivity contribution in [2.45, 2.75) is 59.4 Å². The van der Waals surface area contributed by atoms with Crippen LogP contribution < -0.4 is 5.43 Å². The highest BCUT2D eigenvalue weighted by Gasteiger charge is 2.34. The van der Waals surface area contributed by atoms with Gasteiger partial charge in [-0.2, -0.15) is 8.78 Å². The number of likely N-dealkylation sites (tertiary alicyclic amines) is 1. The molecule has 0 spiro atoms. The Morgan fingerprint density at radius 3 is 2.66 bits per heavy atom. The summed E-state index contributed by atoms with van der Waals surface area (Å²) >= 11 is 6.01. The fraction of sp³-hybridized carbons (Fsp3) is 0.519. The molecular weight excluding hydrogens is 468 g/mol. The number of hydrogen-bond acceptors (Lipinski definition) is 4. The van der Waals surface area contributed by atoms with Gasteiger partial charge in [-0.05, 0) is 62.1 Å². The summed E-state index contributed by atoms with van der Waals surface area (Å²) in [6.45, 7) is 13.0. The first kappa shape index (κ1) is 25.9. The number of aromatic nitrogens is 2. The molecule has 5 rings (SSSR count). The van der Waals surface area contributed by atoms with Crippen LogP contribution in [0.4, 0.5) is 14.6 Å². The zero-order valence-electron chi connectivity index (χ0n) is 21.3. The predicted molar refractivity (Wildman–Crippen MR) is 140 cm³/mol. The van der Waals surface area contributed by atoms with Crippen LogP contribution in [0.3, 0.4) is 0 Å². The number of hydrogen-bond donors (Lipinski definition) is 2. The van der Waals surface area contributed by atoms with Gasteiger partial charge in [0.1, 0.15) is 11.5 Å². The van der Waals surface area contributed by atoms with Gasteiger partial charge < -0.3 is 15.3 Å². The number of benzene rings is 1. The zero-order valence-corrected chi connectivity index (χ0v) is 22.0. The van der Waals surface area contributed by atoms with Gasteiger partial charge in [-0.25, -0.2) is 9.99 Å². The standard InChI is InChI=1S/C25H30ClF2N5.C2H6/c1-15-4-6-20-18(12-15)17-9-11-33(21(23(17)29-20)14-32-10-8-16(2)13-32)31-22-7-5-19(26)24(30-22)25(3,27)28;1-2/h4-7,12,16,21,29H,8-11,13-14H2,1-3H3,(H,30,31);1-2H3. The van der Waals surface area contributed by atoms with E-state index in [1.165, 1.54) is 34.7 Å². The van der Waals surface area contributed by atoms with Crippen molar-refractivity contribution in [2.24, 2.45) is 5.92 Å². The Morgan fingerprint density at radius 2 is 1.97 bits per heavy atom. The molecule has 0 bridgehead atoms. The molecule has 35 heavy (non-hydrogen) atoms. The van der Waals surface area contributed by atoms with E-state index in [1.807, 2.05) is 13.8 Å². The molecule has 1 aromatic carbocycles. The summed E-state index contributed by atoms with van der Waals surface area (Å²) in [5.74, 6) is -2.04. The summed E-state index contributed by atoms with van der Waals surface area (Å²) in [5, 5.41) is 3.39. The molecule has 0 radical (unpaired) electrons. The third-order valence-corrected chi connectivity index (χ3v) is 7.17. The lowest BCUT2D eigenvalue weighted by Gasteiger charge is -2.38. The van der Waals surface area contributed by atoms with Crippen molar-refractivity contribution in [3.8, 4) is 0 Å². The second-order valence-corrected chi connectivity index (χ2v) is 10.1. The minimum absolute atomic E-state index is 0.0254. The van der Waals surface area contributed by atoms with E-state index in [0.29, 0.717) is 11.7 Å². The number of aromatic amines is 1. The lowest BCUT2D eigenvalue weighted by atomic mass is 9.97. The highest BCUT2D eigenvalue weighted by atomic mass is 35.5. The molecule has 4 heterocycles. The molecule has 2 atom stereocenters. The van der Waals surface area contributed by atoms with E-state index in [-0.39, 0.29) is 11.1 Å². The molecule has 0 aliphatic carbocycles. The van der Waals surface area contributed by atoms with Gasteiger partial charge in [0, 0.05) is 43.2 Å². The summed E-state index contributed by atoms with van der Waals surface area (Å²) in [4.78, 5) is 10.3. The van der Waals surface area contributed by atoms with E-state index in [0.717, 1.165) is 45.0 Å². The van der Waals surface area contributed by atoms with Crippen LogP contribution in [0.25, 0.3) is 10.9 Å². The number of nitrogens with zero attached hydrogens (tertiary/aromatic N) is 3. The Labute approximate surface area is 211 Å². The largest absolute Gasteiger partial charge is 0.357 e. The molecule has 3 aromatic rings. The molecule has 8 heteroatoms. The molecule has 2 N–H and O–H groups in total. The van der Waals surface area contributed by atoms with Crippen LogP contribution in [0.1, 0.15) is 62.7 Å². The first-order valence-electron chi connectivity index (χ1n) is 12.6. The highest BCUT2D eigenvalue weighted by Crippen LogP contribution is 2.37. The van der Waals surface area contributed by atoms with Gasteiger partial charge in [0.2, 0.25) is 0 Å². The second-order valence-electron chi connectivity index (χ2n) is 9.71. The average Bonchev–Trinajstić information content (AvgIpc) is 3.40. The Bertz CT molecular complexity index is 1170. The maximum atomic E-state index is 14.0. The minimum atomic E-state index is -3.11. The lowest BCUT2D eigenvalue weighted by molar-refractivity contribution is 0.0129.